The van der Waals surface area contributed by atoms with Crippen molar-refractivity contribution in [2.75, 3.05) is 0 Å². The summed E-state index contributed by atoms with van der Waals surface area (Å²) in [6, 6.07) is 0. The van der Waals surface area contributed by atoms with Crippen LogP contribution in [0.2, 0.25) is 0 Å². The van der Waals surface area contributed by atoms with Crippen LogP contribution in [-0.2, 0) is 21.7 Å². The number of alkyl halides is 2. The van der Waals surface area contributed by atoms with Crippen LogP contribution in [0.25, 0.3) is 0 Å². The summed E-state index contributed by atoms with van der Waals surface area (Å²) < 4.78 is -0.722. The normalized spacial score (nSPS) is 10.0. The van der Waals surface area contributed by atoms with Gasteiger partial charge in [0.1, 0.15) is 3.82 Å². The zero-order chi connectivity index (χ0) is 4.50. The molecule has 5 heteroatoms. The first-order valence-corrected chi connectivity index (χ1v) is 2.87. The average molecular weight is 197 g/mol. The van der Waals surface area contributed by atoms with E-state index in [9.17, 15) is 0 Å². The molecule has 36 valence electrons. The van der Waals surface area contributed by atoms with Crippen LogP contribution in [0.1, 0.15) is 0 Å². The molecule has 0 heterocycles. The van der Waals surface area contributed by atoms with E-state index in [0.717, 1.165) is 0 Å². The fourth-order valence-electron chi connectivity index (χ4n) is 0. The fraction of sp³-hybridized carbons (Fsp3) is 1.00. The maximum Gasteiger partial charge on any atom is 0.143 e. The Labute approximate surface area is 67.0 Å². The first kappa shape index (κ1) is 11.0. The summed E-state index contributed by atoms with van der Waals surface area (Å²) in [6.07, 6.45) is 0. The Morgan fingerprint density at radius 3 is 1.17 bits per heavy atom. The van der Waals surface area contributed by atoms with Crippen molar-refractivity contribution in [2.45, 2.75) is 3.82 Å². The van der Waals surface area contributed by atoms with E-state index in [2.05, 4.69) is 18.5 Å². The molecule has 0 N–H and O–H groups in total. The van der Waals surface area contributed by atoms with E-state index in [4.69, 9.17) is 23.2 Å². The predicted molar refractivity (Wildman–Crippen MR) is 33.9 cm³/mol. The SMILES string of the molecule is PC(P)(Cl)Cl.[Ti]. The maximum atomic E-state index is 5.22. The van der Waals surface area contributed by atoms with Crippen LogP contribution in [0.5, 0.6) is 0 Å². The third-order valence-electron chi connectivity index (χ3n) is 0. The number of rotatable bonds is 0. The summed E-state index contributed by atoms with van der Waals surface area (Å²) in [4.78, 5) is 0. The van der Waals surface area contributed by atoms with Gasteiger partial charge in [-0.05, 0) is 0 Å². The second kappa shape index (κ2) is 4.08. The molecule has 0 amide bonds. The molecule has 0 aliphatic carbocycles. The molecule has 0 saturated heterocycles. The first-order valence-electron chi connectivity index (χ1n) is 0.955. The Kier molecular flexibility index (Phi) is 7.48. The molecule has 0 aromatic heterocycles. The van der Waals surface area contributed by atoms with Gasteiger partial charge < -0.3 is 0 Å². The standard InChI is InChI=1S/CH4Cl2P2.Ti/c2-1(3,4)5;/h4-5H2;. The summed E-state index contributed by atoms with van der Waals surface area (Å²) >= 11 is 10.4. The van der Waals surface area contributed by atoms with Crippen LogP contribution < -0.4 is 0 Å². The number of hydrogen-bond acceptors (Lipinski definition) is 0. The third-order valence-corrected chi connectivity index (χ3v) is 0. The average Bonchev–Trinajstić information content (AvgIpc) is 0.722. The minimum Gasteiger partial charge on any atom is -0.0947 e. The molecule has 2 atom stereocenters. The quantitative estimate of drug-likeness (QED) is 0.315. The molecule has 0 aliphatic rings. The van der Waals surface area contributed by atoms with Crippen LogP contribution >= 0.6 is 41.7 Å². The van der Waals surface area contributed by atoms with Gasteiger partial charge in [-0.2, -0.15) is 0 Å². The smallest absolute Gasteiger partial charge is 0.0947 e. The molecule has 0 aliphatic heterocycles. The first-order chi connectivity index (χ1) is 2.00. The monoisotopic (exact) mass is 196 g/mol. The van der Waals surface area contributed by atoms with E-state index in [-0.39, 0.29) is 21.7 Å². The minimum atomic E-state index is -0.722. The van der Waals surface area contributed by atoms with Gasteiger partial charge in [-0.15, -0.1) is 0 Å². The van der Waals surface area contributed by atoms with Crippen LogP contribution in [-0.4, -0.2) is 3.82 Å². The molecule has 0 bridgehead atoms. The van der Waals surface area contributed by atoms with Gasteiger partial charge in [0.25, 0.3) is 0 Å². The molecule has 0 spiro atoms. The van der Waals surface area contributed by atoms with Gasteiger partial charge in [0.2, 0.25) is 0 Å². The number of halogens is 2. The van der Waals surface area contributed by atoms with Crippen molar-refractivity contribution in [3.63, 3.8) is 0 Å². The van der Waals surface area contributed by atoms with Gasteiger partial charge in [0.05, 0.1) is 0 Å². The molecule has 0 nitrogen and oxygen atoms in total. The fourth-order valence-corrected chi connectivity index (χ4v) is 0. The van der Waals surface area contributed by atoms with E-state index in [0.29, 0.717) is 0 Å². The van der Waals surface area contributed by atoms with Crippen molar-refractivity contribution < 1.29 is 21.7 Å². The maximum absolute atomic E-state index is 5.22. The van der Waals surface area contributed by atoms with Crippen molar-refractivity contribution in [1.82, 2.24) is 0 Å². The zero-order valence-electron chi connectivity index (χ0n) is 2.91. The topological polar surface area (TPSA) is 0 Å². The summed E-state index contributed by atoms with van der Waals surface area (Å²) in [5, 5.41) is 0. The Hall–Kier alpha value is 2.15. The van der Waals surface area contributed by atoms with Gasteiger partial charge in [0, 0.05) is 21.7 Å². The minimum absolute atomic E-state index is 0. The molecule has 0 aromatic carbocycles. The van der Waals surface area contributed by atoms with E-state index in [1.54, 1.807) is 0 Å². The summed E-state index contributed by atoms with van der Waals surface area (Å²) in [7, 11) is 4.42. The molecule has 0 saturated carbocycles. The van der Waals surface area contributed by atoms with Crippen LogP contribution in [0.3, 0.4) is 0 Å². The number of hydrogen-bond donors (Lipinski definition) is 0. The molecule has 6 heavy (non-hydrogen) atoms. The van der Waals surface area contributed by atoms with E-state index in [1.165, 1.54) is 0 Å². The summed E-state index contributed by atoms with van der Waals surface area (Å²) in [5.41, 5.74) is 0. The molecular formula is CH4Cl2P2Ti. The van der Waals surface area contributed by atoms with Crippen LogP contribution in [0.15, 0.2) is 0 Å². The molecule has 0 rings (SSSR count). The summed E-state index contributed by atoms with van der Waals surface area (Å²) in [5.74, 6) is 0. The molecule has 0 fully saturated rings. The van der Waals surface area contributed by atoms with Gasteiger partial charge in [0.15, 0.2) is 0 Å². The molecule has 0 radical (unpaired) electrons. The van der Waals surface area contributed by atoms with Crippen LogP contribution in [0.4, 0.5) is 0 Å². The zero-order valence-corrected chi connectivity index (χ0v) is 8.29. The van der Waals surface area contributed by atoms with Crippen molar-refractivity contribution >= 4 is 41.7 Å². The Balaban J connectivity index is 0. The van der Waals surface area contributed by atoms with Gasteiger partial charge >= 0.3 is 0 Å². The van der Waals surface area contributed by atoms with E-state index >= 15 is 0 Å². The second-order valence-electron chi connectivity index (χ2n) is 0.675. The van der Waals surface area contributed by atoms with Crippen LogP contribution in [0, 0.1) is 0 Å². The third kappa shape index (κ3) is 35.2. The van der Waals surface area contributed by atoms with Gasteiger partial charge in [-0.25, -0.2) is 0 Å². The van der Waals surface area contributed by atoms with E-state index < -0.39 is 3.82 Å². The van der Waals surface area contributed by atoms with Crippen molar-refractivity contribution in [3.05, 3.63) is 0 Å². The van der Waals surface area contributed by atoms with Crippen molar-refractivity contribution in [1.29, 1.82) is 0 Å². The van der Waals surface area contributed by atoms with Crippen molar-refractivity contribution in [3.8, 4) is 0 Å². The van der Waals surface area contributed by atoms with E-state index in [1.807, 2.05) is 0 Å². The Bertz CT molecular complexity index is 27.0. The largest absolute Gasteiger partial charge is 0.143 e. The summed E-state index contributed by atoms with van der Waals surface area (Å²) in [6.45, 7) is 0. The Morgan fingerprint density at radius 2 is 1.17 bits per heavy atom. The molecule has 2 unspecified atom stereocenters. The van der Waals surface area contributed by atoms with Gasteiger partial charge in [-0.3, -0.25) is 0 Å². The molecule has 0 aromatic rings. The molecular weight excluding hydrogens is 193 g/mol. The van der Waals surface area contributed by atoms with Crippen molar-refractivity contribution in [2.24, 2.45) is 0 Å². The second-order valence-corrected chi connectivity index (χ2v) is 6.07. The van der Waals surface area contributed by atoms with Gasteiger partial charge in [-0.1, -0.05) is 41.7 Å². The predicted octanol–water partition coefficient (Wildman–Crippen LogP) is 1.82. The Morgan fingerprint density at radius 1 is 1.17 bits per heavy atom.